The zero-order valence-corrected chi connectivity index (χ0v) is 7.77. The van der Waals surface area contributed by atoms with E-state index in [1.807, 2.05) is 12.1 Å². The van der Waals surface area contributed by atoms with E-state index in [9.17, 15) is 4.79 Å². The molecule has 0 bridgehead atoms. The zero-order valence-electron chi connectivity index (χ0n) is 7.77. The van der Waals surface area contributed by atoms with E-state index in [1.54, 1.807) is 23.3 Å². The summed E-state index contributed by atoms with van der Waals surface area (Å²) in [4.78, 5) is 17.1. The number of carbonyl (C=O) groups excluding carboxylic acids is 1. The molecule has 0 saturated heterocycles. The molecule has 0 fully saturated rings. The van der Waals surface area contributed by atoms with Crippen molar-refractivity contribution in [3.8, 4) is 5.75 Å². The van der Waals surface area contributed by atoms with Crippen LogP contribution in [0.5, 0.6) is 5.75 Å². The summed E-state index contributed by atoms with van der Waals surface area (Å²) >= 11 is 0. The molecule has 14 heavy (non-hydrogen) atoms. The quantitative estimate of drug-likeness (QED) is 0.663. The fraction of sp³-hybridized carbons (Fsp3) is 0.182. The smallest absolute Gasteiger partial charge is 0.184 e. The normalized spacial score (nSPS) is 15.9. The summed E-state index contributed by atoms with van der Waals surface area (Å²) in [6.07, 6.45) is 1.71. The molecule has 0 N–H and O–H groups in total. The van der Waals surface area contributed by atoms with Gasteiger partial charge in [-0.1, -0.05) is 18.2 Å². The van der Waals surface area contributed by atoms with Gasteiger partial charge in [0.05, 0.1) is 18.7 Å². The Labute approximate surface area is 82.5 Å². The molecule has 0 atom stereocenters. The monoisotopic (exact) mass is 189 g/mol. The van der Waals surface area contributed by atoms with Gasteiger partial charge in [-0.05, 0) is 12.1 Å². The van der Waals surface area contributed by atoms with Crippen LogP contribution < -0.4 is 4.84 Å². The number of carbonyl (C=O) groups is 1. The number of ketones is 1. The van der Waals surface area contributed by atoms with Crippen LogP contribution in [0.2, 0.25) is 0 Å². The van der Waals surface area contributed by atoms with Crippen molar-refractivity contribution in [3.05, 3.63) is 42.5 Å². The number of hydroxylamine groups is 2. The molecule has 1 aliphatic rings. The van der Waals surface area contributed by atoms with Gasteiger partial charge in [-0.15, -0.1) is 11.6 Å². The van der Waals surface area contributed by atoms with E-state index in [4.69, 9.17) is 4.84 Å². The number of benzene rings is 1. The molecule has 0 saturated carbocycles. The zero-order chi connectivity index (χ0) is 9.97. The topological polar surface area (TPSA) is 29.5 Å². The fourth-order valence-electron chi connectivity index (χ4n) is 1.44. The van der Waals surface area contributed by atoms with Gasteiger partial charge in [0.2, 0.25) is 0 Å². The second kappa shape index (κ2) is 3.64. The first kappa shape index (κ1) is 8.97. The lowest BCUT2D eigenvalue weighted by molar-refractivity contribution is -0.0477. The van der Waals surface area contributed by atoms with Crippen molar-refractivity contribution in [3.63, 3.8) is 0 Å². The summed E-state index contributed by atoms with van der Waals surface area (Å²) < 4.78 is 0. The van der Waals surface area contributed by atoms with E-state index in [-0.39, 0.29) is 5.78 Å². The van der Waals surface area contributed by atoms with Crippen LogP contribution in [0.15, 0.2) is 36.9 Å². The number of rotatable bonds is 2. The van der Waals surface area contributed by atoms with Crippen LogP contribution in [0.1, 0.15) is 10.4 Å². The number of nitrogens with zero attached hydrogens (tertiary/aromatic N) is 1. The average Bonchev–Trinajstić information content (AvgIpc) is 2.18. The first-order valence-corrected chi connectivity index (χ1v) is 4.47. The van der Waals surface area contributed by atoms with Crippen molar-refractivity contribution in [2.75, 3.05) is 13.1 Å². The van der Waals surface area contributed by atoms with E-state index in [2.05, 4.69) is 6.58 Å². The summed E-state index contributed by atoms with van der Waals surface area (Å²) in [5.41, 5.74) is 0.660. The molecular weight excluding hydrogens is 178 g/mol. The second-order valence-corrected chi connectivity index (χ2v) is 3.12. The summed E-state index contributed by atoms with van der Waals surface area (Å²) in [6, 6.07) is 7.26. The van der Waals surface area contributed by atoms with Gasteiger partial charge in [-0.2, -0.15) is 0 Å². The fourth-order valence-corrected chi connectivity index (χ4v) is 1.44. The Balaban J connectivity index is 2.28. The lowest BCUT2D eigenvalue weighted by Crippen LogP contribution is -2.37. The van der Waals surface area contributed by atoms with Crippen molar-refractivity contribution >= 4 is 5.78 Å². The highest BCUT2D eigenvalue weighted by Gasteiger charge is 2.23. The van der Waals surface area contributed by atoms with Crippen molar-refractivity contribution in [1.82, 2.24) is 5.06 Å². The van der Waals surface area contributed by atoms with Gasteiger partial charge >= 0.3 is 0 Å². The van der Waals surface area contributed by atoms with Crippen LogP contribution in [0.3, 0.4) is 0 Å². The van der Waals surface area contributed by atoms with E-state index in [0.29, 0.717) is 24.4 Å². The van der Waals surface area contributed by atoms with Crippen LogP contribution in [-0.4, -0.2) is 23.9 Å². The SMILES string of the molecule is C=CCN1CC(=O)c2ccccc2O1. The lowest BCUT2D eigenvalue weighted by atomic mass is 10.1. The Hall–Kier alpha value is -1.61. The van der Waals surface area contributed by atoms with Gasteiger partial charge in [-0.3, -0.25) is 4.79 Å². The molecule has 0 unspecified atom stereocenters. The van der Waals surface area contributed by atoms with Crippen LogP contribution in [0.4, 0.5) is 0 Å². The highest BCUT2D eigenvalue weighted by molar-refractivity contribution is 6.00. The molecule has 1 aromatic carbocycles. The number of fused-ring (bicyclic) bond motifs is 1. The second-order valence-electron chi connectivity index (χ2n) is 3.12. The molecule has 72 valence electrons. The molecule has 0 radical (unpaired) electrons. The van der Waals surface area contributed by atoms with Crippen molar-refractivity contribution in [2.24, 2.45) is 0 Å². The maximum absolute atomic E-state index is 11.6. The molecule has 0 amide bonds. The molecular formula is C11H11NO2. The Morgan fingerprint density at radius 2 is 2.29 bits per heavy atom. The van der Waals surface area contributed by atoms with Gasteiger partial charge in [-0.25, -0.2) is 0 Å². The van der Waals surface area contributed by atoms with Gasteiger partial charge in [0.15, 0.2) is 11.5 Å². The third-order valence-electron chi connectivity index (χ3n) is 2.07. The van der Waals surface area contributed by atoms with Gasteiger partial charge in [0.25, 0.3) is 0 Å². The predicted molar refractivity (Wildman–Crippen MR) is 53.2 cm³/mol. The number of para-hydroxylation sites is 1. The molecule has 0 aromatic heterocycles. The Morgan fingerprint density at radius 3 is 3.07 bits per heavy atom. The van der Waals surface area contributed by atoms with Gasteiger partial charge < -0.3 is 4.84 Å². The molecule has 1 aromatic rings. The van der Waals surface area contributed by atoms with E-state index in [0.717, 1.165) is 0 Å². The average molecular weight is 189 g/mol. The summed E-state index contributed by atoms with van der Waals surface area (Å²) in [5, 5.41) is 1.59. The van der Waals surface area contributed by atoms with Crippen LogP contribution >= 0.6 is 0 Å². The highest BCUT2D eigenvalue weighted by atomic mass is 16.7. The number of hydrogen-bond acceptors (Lipinski definition) is 3. The molecule has 1 heterocycles. The maximum Gasteiger partial charge on any atom is 0.184 e. The minimum Gasteiger partial charge on any atom is -0.404 e. The molecule has 0 aliphatic carbocycles. The lowest BCUT2D eigenvalue weighted by Gasteiger charge is -2.26. The summed E-state index contributed by atoms with van der Waals surface area (Å²) in [6.45, 7) is 4.45. The van der Waals surface area contributed by atoms with Crippen molar-refractivity contribution in [1.29, 1.82) is 0 Å². The third-order valence-corrected chi connectivity index (χ3v) is 2.07. The number of hydrogen-bond donors (Lipinski definition) is 0. The molecule has 2 rings (SSSR count). The predicted octanol–water partition coefficient (Wildman–Crippen LogP) is 1.66. The largest absolute Gasteiger partial charge is 0.404 e. The Bertz CT molecular complexity index is 373. The van der Waals surface area contributed by atoms with E-state index >= 15 is 0 Å². The van der Waals surface area contributed by atoms with Crippen LogP contribution in [0.25, 0.3) is 0 Å². The summed E-state index contributed by atoms with van der Waals surface area (Å²) in [5.74, 6) is 0.722. The first-order chi connectivity index (χ1) is 6.81. The third kappa shape index (κ3) is 1.54. The number of Topliss-reactive ketones (excluding diaryl/α,β-unsaturated/α-hetero) is 1. The minimum atomic E-state index is 0.0914. The Morgan fingerprint density at radius 1 is 1.50 bits per heavy atom. The maximum atomic E-state index is 11.6. The standard InChI is InChI=1S/C11H11NO2/c1-2-7-12-8-10(13)9-5-3-4-6-11(9)14-12/h2-6H,1,7-8H2. The minimum absolute atomic E-state index is 0.0914. The van der Waals surface area contributed by atoms with E-state index in [1.165, 1.54) is 0 Å². The Kier molecular flexibility index (Phi) is 2.33. The summed E-state index contributed by atoms with van der Waals surface area (Å²) in [7, 11) is 0. The van der Waals surface area contributed by atoms with Crippen molar-refractivity contribution < 1.29 is 9.63 Å². The van der Waals surface area contributed by atoms with Gasteiger partial charge in [0.1, 0.15) is 0 Å². The highest BCUT2D eigenvalue weighted by Crippen LogP contribution is 2.23. The molecule has 3 heteroatoms. The van der Waals surface area contributed by atoms with E-state index < -0.39 is 0 Å². The molecule has 3 nitrogen and oxygen atoms in total. The van der Waals surface area contributed by atoms with Gasteiger partial charge in [0, 0.05) is 0 Å². The molecule has 0 spiro atoms. The van der Waals surface area contributed by atoms with Crippen molar-refractivity contribution in [2.45, 2.75) is 0 Å². The van der Waals surface area contributed by atoms with Crippen LogP contribution in [0, 0.1) is 0 Å². The molecule has 1 aliphatic heterocycles. The van der Waals surface area contributed by atoms with Crippen LogP contribution in [-0.2, 0) is 0 Å². The first-order valence-electron chi connectivity index (χ1n) is 4.47.